The fraction of sp³-hybridized carbons (Fsp3) is 0.294. The first-order valence-corrected chi connectivity index (χ1v) is 8.37. The third-order valence-electron chi connectivity index (χ3n) is 4.60. The van der Waals surface area contributed by atoms with Crippen LogP contribution in [0.25, 0.3) is 0 Å². The van der Waals surface area contributed by atoms with E-state index in [0.29, 0.717) is 11.8 Å². The molecule has 2 aromatic carbocycles. The van der Waals surface area contributed by atoms with Crippen molar-refractivity contribution in [2.45, 2.75) is 6.18 Å². The minimum Gasteiger partial charge on any atom is -0.368 e. The summed E-state index contributed by atoms with van der Waals surface area (Å²) in [5.74, 6) is -1.20. The molecule has 0 aromatic heterocycles. The lowest BCUT2D eigenvalue weighted by molar-refractivity contribution is -0.395. The Balaban J connectivity index is 1.82. The first-order valence-electron chi connectivity index (χ1n) is 8.37. The average Bonchev–Trinajstić information content (AvgIpc) is 2.67. The summed E-state index contributed by atoms with van der Waals surface area (Å²) in [4.78, 5) is 23.4. The summed E-state index contributed by atoms with van der Waals surface area (Å²) >= 11 is 0. The van der Waals surface area contributed by atoms with E-state index < -0.39 is 38.8 Å². The summed E-state index contributed by atoms with van der Waals surface area (Å²) < 4.78 is 52.7. The van der Waals surface area contributed by atoms with E-state index in [1.807, 2.05) is 0 Å². The van der Waals surface area contributed by atoms with Gasteiger partial charge in [0.2, 0.25) is 5.82 Å². The van der Waals surface area contributed by atoms with Crippen LogP contribution in [0.1, 0.15) is 5.56 Å². The normalized spacial score (nSPS) is 14.8. The third kappa shape index (κ3) is 4.20. The molecule has 1 saturated heterocycles. The Morgan fingerprint density at radius 1 is 0.862 bits per heavy atom. The maximum absolute atomic E-state index is 14.0. The van der Waals surface area contributed by atoms with Gasteiger partial charge < -0.3 is 9.80 Å². The Hall–Kier alpha value is -3.44. The number of alkyl halides is 3. The second-order valence-corrected chi connectivity index (χ2v) is 6.33. The van der Waals surface area contributed by atoms with Crippen molar-refractivity contribution in [2.24, 2.45) is 0 Å². The van der Waals surface area contributed by atoms with Crippen LogP contribution in [0.3, 0.4) is 0 Å². The summed E-state index contributed by atoms with van der Waals surface area (Å²) in [5, 5.41) is 22.1. The van der Waals surface area contributed by atoms with Crippen molar-refractivity contribution < 1.29 is 27.4 Å². The highest BCUT2D eigenvalue weighted by Crippen LogP contribution is 2.36. The number of rotatable bonds is 4. The Morgan fingerprint density at radius 2 is 1.45 bits per heavy atom. The van der Waals surface area contributed by atoms with E-state index in [1.165, 1.54) is 17.0 Å². The molecule has 0 amide bonds. The maximum Gasteiger partial charge on any atom is 0.416 e. The van der Waals surface area contributed by atoms with Crippen molar-refractivity contribution in [1.82, 2.24) is 0 Å². The van der Waals surface area contributed by atoms with Gasteiger partial charge in [0, 0.05) is 37.9 Å². The summed E-state index contributed by atoms with van der Waals surface area (Å²) in [5.41, 5.74) is -2.15. The second-order valence-electron chi connectivity index (χ2n) is 6.33. The number of anilines is 2. The molecule has 1 fully saturated rings. The predicted molar refractivity (Wildman–Crippen MR) is 95.6 cm³/mol. The van der Waals surface area contributed by atoms with Crippen molar-refractivity contribution in [1.29, 1.82) is 0 Å². The smallest absolute Gasteiger partial charge is 0.368 e. The minimum atomic E-state index is -4.48. The van der Waals surface area contributed by atoms with E-state index in [4.69, 9.17) is 0 Å². The monoisotopic (exact) mass is 414 g/mol. The first-order chi connectivity index (χ1) is 13.6. The van der Waals surface area contributed by atoms with Crippen LogP contribution in [0.5, 0.6) is 0 Å². The van der Waals surface area contributed by atoms with Gasteiger partial charge in [-0.25, -0.2) is 0 Å². The van der Waals surface area contributed by atoms with Gasteiger partial charge in [0.1, 0.15) is 5.69 Å². The van der Waals surface area contributed by atoms with Gasteiger partial charge in [-0.3, -0.25) is 20.2 Å². The maximum atomic E-state index is 14.0. The molecule has 0 saturated carbocycles. The number of nitro groups is 2. The second kappa shape index (κ2) is 7.53. The van der Waals surface area contributed by atoms with Gasteiger partial charge in [0.25, 0.3) is 5.69 Å². The standard InChI is InChI=1S/C17H14F4N4O4/c18-13-9-15(16(25(28)29)10-14(13)24(26)27)23-6-4-22(5-7-23)12-3-1-2-11(8-12)17(19,20)21/h1-3,8-10H,4-7H2. The van der Waals surface area contributed by atoms with Crippen LogP contribution in [0.2, 0.25) is 0 Å². The largest absolute Gasteiger partial charge is 0.416 e. The molecule has 3 rings (SSSR count). The Kier molecular flexibility index (Phi) is 5.27. The number of piperazine rings is 1. The molecule has 1 aliphatic heterocycles. The van der Waals surface area contributed by atoms with E-state index in [2.05, 4.69) is 0 Å². The third-order valence-corrected chi connectivity index (χ3v) is 4.60. The fourth-order valence-electron chi connectivity index (χ4n) is 3.16. The molecule has 0 N–H and O–H groups in total. The van der Waals surface area contributed by atoms with E-state index >= 15 is 0 Å². The zero-order valence-electron chi connectivity index (χ0n) is 14.7. The van der Waals surface area contributed by atoms with Gasteiger partial charge >= 0.3 is 11.9 Å². The van der Waals surface area contributed by atoms with Crippen LogP contribution in [0, 0.1) is 26.0 Å². The molecule has 0 aliphatic carbocycles. The summed E-state index contributed by atoms with van der Waals surface area (Å²) in [6, 6.07) is 6.12. The van der Waals surface area contributed by atoms with E-state index in [9.17, 15) is 37.8 Å². The molecule has 29 heavy (non-hydrogen) atoms. The molecule has 2 aromatic rings. The molecule has 1 aliphatic rings. The number of halogens is 4. The molecule has 0 spiro atoms. The molecule has 12 heteroatoms. The first kappa shape index (κ1) is 20.3. The number of benzene rings is 2. The van der Waals surface area contributed by atoms with Gasteiger partial charge in [-0.15, -0.1) is 0 Å². The van der Waals surface area contributed by atoms with Gasteiger partial charge in [-0.05, 0) is 18.2 Å². The average molecular weight is 414 g/mol. The number of hydrogen-bond donors (Lipinski definition) is 0. The van der Waals surface area contributed by atoms with Crippen LogP contribution >= 0.6 is 0 Å². The van der Waals surface area contributed by atoms with Gasteiger partial charge in [-0.1, -0.05) is 6.07 Å². The van der Waals surface area contributed by atoms with Gasteiger partial charge in [0.05, 0.1) is 21.5 Å². The lowest BCUT2D eigenvalue weighted by Crippen LogP contribution is -2.46. The Labute approximate surface area is 161 Å². The molecule has 1 heterocycles. The molecule has 0 unspecified atom stereocenters. The van der Waals surface area contributed by atoms with Crippen LogP contribution in [-0.2, 0) is 6.18 Å². The van der Waals surface area contributed by atoms with Crippen molar-refractivity contribution in [3.63, 3.8) is 0 Å². The van der Waals surface area contributed by atoms with Crippen LogP contribution in [-0.4, -0.2) is 36.0 Å². The number of nitrogens with zero attached hydrogens (tertiary/aromatic N) is 4. The highest BCUT2D eigenvalue weighted by Gasteiger charge is 2.32. The van der Waals surface area contributed by atoms with Crippen molar-refractivity contribution in [3.8, 4) is 0 Å². The van der Waals surface area contributed by atoms with E-state index in [1.54, 1.807) is 4.90 Å². The van der Waals surface area contributed by atoms with Crippen LogP contribution in [0.4, 0.5) is 40.3 Å². The lowest BCUT2D eigenvalue weighted by Gasteiger charge is -2.37. The topological polar surface area (TPSA) is 92.8 Å². The summed E-state index contributed by atoms with van der Waals surface area (Å²) in [6.45, 7) is 0.789. The van der Waals surface area contributed by atoms with Crippen molar-refractivity contribution in [2.75, 3.05) is 36.0 Å². The van der Waals surface area contributed by atoms with E-state index in [0.717, 1.165) is 18.2 Å². The zero-order chi connectivity index (χ0) is 21.3. The summed E-state index contributed by atoms with van der Waals surface area (Å²) in [6.07, 6.45) is -4.48. The molecule has 0 radical (unpaired) electrons. The van der Waals surface area contributed by atoms with Crippen molar-refractivity contribution >= 4 is 22.7 Å². The minimum absolute atomic E-state index is 0.109. The molecule has 0 atom stereocenters. The van der Waals surface area contributed by atoms with Gasteiger partial charge in [0.15, 0.2) is 0 Å². The lowest BCUT2D eigenvalue weighted by atomic mass is 10.1. The summed E-state index contributed by atoms with van der Waals surface area (Å²) in [7, 11) is 0. The highest BCUT2D eigenvalue weighted by molar-refractivity contribution is 5.68. The molecular formula is C17H14F4N4O4. The van der Waals surface area contributed by atoms with E-state index in [-0.39, 0.29) is 31.9 Å². The van der Waals surface area contributed by atoms with Crippen molar-refractivity contribution in [3.05, 3.63) is 68.0 Å². The number of hydrogen-bond acceptors (Lipinski definition) is 6. The Bertz CT molecular complexity index is 959. The molecule has 154 valence electrons. The zero-order valence-corrected chi connectivity index (χ0v) is 14.7. The molecule has 8 nitrogen and oxygen atoms in total. The fourth-order valence-corrected chi connectivity index (χ4v) is 3.16. The quantitative estimate of drug-likeness (QED) is 0.427. The van der Waals surface area contributed by atoms with Crippen LogP contribution in [0.15, 0.2) is 36.4 Å². The molecular weight excluding hydrogens is 400 g/mol. The van der Waals surface area contributed by atoms with Gasteiger partial charge in [-0.2, -0.15) is 17.6 Å². The molecule has 0 bridgehead atoms. The van der Waals surface area contributed by atoms with Crippen LogP contribution < -0.4 is 9.80 Å². The number of nitro benzene ring substituents is 2. The predicted octanol–water partition coefficient (Wildman–Crippen LogP) is 3.99. The highest BCUT2D eigenvalue weighted by atomic mass is 19.4. The Morgan fingerprint density at radius 3 is 2.00 bits per heavy atom. The SMILES string of the molecule is O=[N+]([O-])c1cc([N+](=O)[O-])c(N2CCN(c3cccc(C(F)(F)F)c3)CC2)cc1F.